The van der Waals surface area contributed by atoms with Crippen LogP contribution < -0.4 is 16.2 Å². The van der Waals surface area contributed by atoms with Crippen LogP contribution in [0.4, 0.5) is 4.79 Å². The molecule has 1 aromatic heterocycles. The van der Waals surface area contributed by atoms with Gasteiger partial charge in [0.15, 0.2) is 0 Å². The molecule has 146 valence electrons. The number of carbonyl (C=O) groups is 4. The van der Waals surface area contributed by atoms with E-state index in [4.69, 9.17) is 0 Å². The molecule has 0 aromatic carbocycles. The van der Waals surface area contributed by atoms with Crippen LogP contribution >= 0.6 is 15.9 Å². The van der Waals surface area contributed by atoms with Crippen LogP contribution in [-0.2, 0) is 16.6 Å². The summed E-state index contributed by atoms with van der Waals surface area (Å²) in [5, 5.41) is 2.76. The number of urea groups is 1. The number of amides is 5. The number of imide groups is 1. The van der Waals surface area contributed by atoms with Crippen molar-refractivity contribution < 1.29 is 19.2 Å². The number of aromatic nitrogens is 1. The topological polar surface area (TPSA) is 113 Å². The van der Waals surface area contributed by atoms with Gasteiger partial charge in [-0.05, 0) is 53.6 Å². The number of hydrazine groups is 1. The number of aryl methyl sites for hydroxylation is 1. The molecule has 2 fully saturated rings. The van der Waals surface area contributed by atoms with Crippen molar-refractivity contribution in [3.8, 4) is 0 Å². The van der Waals surface area contributed by atoms with Crippen molar-refractivity contribution in [2.24, 2.45) is 13.0 Å². The second-order valence-corrected chi connectivity index (χ2v) is 8.16. The smallest absolute Gasteiger partial charge is 0.325 e. The van der Waals surface area contributed by atoms with E-state index in [0.29, 0.717) is 24.5 Å². The van der Waals surface area contributed by atoms with Crippen molar-refractivity contribution >= 4 is 39.7 Å². The zero-order valence-corrected chi connectivity index (χ0v) is 16.8. The highest BCUT2D eigenvalue weighted by Crippen LogP contribution is 2.36. The highest BCUT2D eigenvalue weighted by Gasteiger charge is 2.52. The summed E-state index contributed by atoms with van der Waals surface area (Å²) in [5.41, 5.74) is 3.98. The van der Waals surface area contributed by atoms with Gasteiger partial charge in [0.25, 0.3) is 17.7 Å². The molecule has 0 radical (unpaired) electrons. The van der Waals surface area contributed by atoms with Crippen LogP contribution in [0.15, 0.2) is 16.7 Å². The van der Waals surface area contributed by atoms with Gasteiger partial charge in [0.2, 0.25) is 0 Å². The van der Waals surface area contributed by atoms with Gasteiger partial charge in [-0.1, -0.05) is 6.92 Å². The Morgan fingerprint density at radius 3 is 2.56 bits per heavy atom. The maximum Gasteiger partial charge on any atom is 0.325 e. The molecule has 1 aliphatic heterocycles. The number of rotatable bonds is 3. The van der Waals surface area contributed by atoms with Gasteiger partial charge in [-0.25, -0.2) is 4.79 Å². The third-order valence-electron chi connectivity index (χ3n) is 5.20. The minimum absolute atomic E-state index is 0.340. The van der Waals surface area contributed by atoms with Gasteiger partial charge in [-0.3, -0.25) is 30.1 Å². The van der Waals surface area contributed by atoms with Crippen LogP contribution in [0.1, 0.15) is 43.1 Å². The lowest BCUT2D eigenvalue weighted by Crippen LogP contribution is -2.51. The van der Waals surface area contributed by atoms with Crippen LogP contribution in [0, 0.1) is 5.92 Å². The van der Waals surface area contributed by atoms with Gasteiger partial charge < -0.3 is 9.88 Å². The van der Waals surface area contributed by atoms with Gasteiger partial charge in [-0.2, -0.15) is 0 Å². The summed E-state index contributed by atoms with van der Waals surface area (Å²) >= 11 is 3.26. The first-order valence-corrected chi connectivity index (χ1v) is 9.56. The second-order valence-electron chi connectivity index (χ2n) is 7.24. The molecule has 2 heterocycles. The molecule has 1 aliphatic carbocycles. The van der Waals surface area contributed by atoms with Gasteiger partial charge in [-0.15, -0.1) is 0 Å². The maximum absolute atomic E-state index is 12.7. The molecule has 5 amide bonds. The van der Waals surface area contributed by atoms with E-state index in [9.17, 15) is 19.2 Å². The summed E-state index contributed by atoms with van der Waals surface area (Å²) in [4.78, 5) is 50.0. The molecule has 3 rings (SSSR count). The van der Waals surface area contributed by atoms with Crippen LogP contribution in [0.5, 0.6) is 0 Å². The Morgan fingerprint density at radius 2 is 1.96 bits per heavy atom. The lowest BCUT2D eigenvalue weighted by Gasteiger charge is -2.33. The lowest BCUT2D eigenvalue weighted by atomic mass is 9.77. The molecule has 2 aliphatic rings. The highest BCUT2D eigenvalue weighted by atomic mass is 79.9. The molecule has 0 unspecified atom stereocenters. The van der Waals surface area contributed by atoms with Gasteiger partial charge in [0, 0.05) is 17.7 Å². The molecular weight excluding hydrogens is 418 g/mol. The van der Waals surface area contributed by atoms with E-state index in [0.717, 1.165) is 22.2 Å². The van der Waals surface area contributed by atoms with E-state index in [1.165, 1.54) is 0 Å². The number of carbonyl (C=O) groups excluding carboxylic acids is 4. The largest absolute Gasteiger partial charge is 0.345 e. The monoisotopic (exact) mass is 439 g/mol. The molecular formula is C17H22BrN5O4. The van der Waals surface area contributed by atoms with E-state index >= 15 is 0 Å². The molecule has 1 spiro atoms. The van der Waals surface area contributed by atoms with Gasteiger partial charge >= 0.3 is 6.03 Å². The van der Waals surface area contributed by atoms with Gasteiger partial charge in [0.1, 0.15) is 17.8 Å². The van der Waals surface area contributed by atoms with Crippen molar-refractivity contribution in [1.82, 2.24) is 25.6 Å². The number of nitrogens with zero attached hydrogens (tertiary/aromatic N) is 2. The molecule has 1 saturated carbocycles. The molecule has 0 atom stereocenters. The molecule has 0 bridgehead atoms. The maximum atomic E-state index is 12.7. The number of halogens is 1. The Kier molecular flexibility index (Phi) is 5.27. The fraction of sp³-hybridized carbons (Fsp3) is 0.529. The Morgan fingerprint density at radius 1 is 1.30 bits per heavy atom. The fourth-order valence-corrected chi connectivity index (χ4v) is 4.06. The first kappa shape index (κ1) is 19.4. The number of hydrogen-bond donors (Lipinski definition) is 3. The predicted octanol–water partition coefficient (Wildman–Crippen LogP) is 1.05. The first-order chi connectivity index (χ1) is 12.7. The normalized spacial score (nSPS) is 24.9. The Labute approximate surface area is 164 Å². The summed E-state index contributed by atoms with van der Waals surface area (Å²) in [7, 11) is 1.69. The quantitative estimate of drug-likeness (QED) is 0.482. The van der Waals surface area contributed by atoms with E-state index in [-0.39, 0.29) is 5.91 Å². The van der Waals surface area contributed by atoms with E-state index in [1.54, 1.807) is 23.9 Å². The fourth-order valence-electron chi connectivity index (χ4n) is 3.54. The van der Waals surface area contributed by atoms with E-state index in [1.807, 2.05) is 0 Å². The van der Waals surface area contributed by atoms with E-state index < -0.39 is 29.9 Å². The van der Waals surface area contributed by atoms with Gasteiger partial charge in [0.05, 0.1) is 0 Å². The van der Waals surface area contributed by atoms with Crippen molar-refractivity contribution in [3.63, 3.8) is 0 Å². The third kappa shape index (κ3) is 3.85. The van der Waals surface area contributed by atoms with Crippen LogP contribution in [0.2, 0.25) is 0 Å². The summed E-state index contributed by atoms with van der Waals surface area (Å²) in [6.45, 7) is 1.67. The molecule has 1 aromatic rings. The van der Waals surface area contributed by atoms with Crippen LogP contribution in [0.25, 0.3) is 0 Å². The number of hydrogen-bond acceptors (Lipinski definition) is 4. The second kappa shape index (κ2) is 7.34. The van der Waals surface area contributed by atoms with Crippen molar-refractivity contribution in [2.45, 2.75) is 38.1 Å². The minimum atomic E-state index is -0.886. The van der Waals surface area contributed by atoms with Crippen LogP contribution in [0.3, 0.4) is 0 Å². The Bertz CT molecular complexity index is 797. The zero-order valence-electron chi connectivity index (χ0n) is 15.2. The van der Waals surface area contributed by atoms with Crippen LogP contribution in [-0.4, -0.2) is 45.3 Å². The highest BCUT2D eigenvalue weighted by molar-refractivity contribution is 9.10. The summed E-state index contributed by atoms with van der Waals surface area (Å²) in [6, 6.07) is 1.04. The molecule has 10 heteroatoms. The Hall–Kier alpha value is -2.36. The average Bonchev–Trinajstić information content (AvgIpc) is 3.07. The first-order valence-electron chi connectivity index (χ1n) is 8.77. The molecule has 9 nitrogen and oxygen atoms in total. The van der Waals surface area contributed by atoms with Crippen molar-refractivity contribution in [1.29, 1.82) is 0 Å². The Balaban J connectivity index is 1.56. The van der Waals surface area contributed by atoms with E-state index in [2.05, 4.69) is 39.0 Å². The predicted molar refractivity (Wildman–Crippen MR) is 99.3 cm³/mol. The molecule has 27 heavy (non-hydrogen) atoms. The summed E-state index contributed by atoms with van der Waals surface area (Å²) < 4.78 is 2.32. The number of nitrogens with one attached hydrogen (secondary N) is 3. The van der Waals surface area contributed by atoms with Crippen molar-refractivity contribution in [2.75, 3.05) is 6.54 Å². The summed E-state index contributed by atoms with van der Waals surface area (Å²) in [6.07, 6.45) is 4.57. The average molecular weight is 440 g/mol. The third-order valence-corrected chi connectivity index (χ3v) is 5.63. The minimum Gasteiger partial charge on any atom is -0.345 e. The molecule has 3 N–H and O–H groups in total. The summed E-state index contributed by atoms with van der Waals surface area (Å²) in [5.74, 6) is -1.01. The lowest BCUT2D eigenvalue weighted by molar-refractivity contribution is -0.136. The van der Waals surface area contributed by atoms with Crippen molar-refractivity contribution in [3.05, 3.63) is 22.4 Å². The SMILES string of the molecule is CC1CCC2(CC1)NC(=O)N(CC(=O)NNC(=O)c1cc(Br)cn1C)C2=O. The zero-order chi connectivity index (χ0) is 19.8. The molecule has 1 saturated heterocycles. The standard InChI is InChI=1S/C17H22BrN5O4/c1-10-3-5-17(6-4-10)15(26)23(16(27)19-17)9-13(24)20-21-14(25)12-7-11(18)8-22(12)2/h7-8,10H,3-6,9H2,1-2H3,(H,19,27)(H,20,24)(H,21,25).